The lowest BCUT2D eigenvalue weighted by molar-refractivity contribution is -0.342. The number of fused-ring (bicyclic) bond motifs is 2. The first-order valence-corrected chi connectivity index (χ1v) is 13.8. The molecule has 0 aromatic rings. The van der Waals surface area contributed by atoms with Crippen LogP contribution in [0.3, 0.4) is 0 Å². The van der Waals surface area contributed by atoms with Crippen LogP contribution in [0.4, 0.5) is 0 Å². The summed E-state index contributed by atoms with van der Waals surface area (Å²) in [4.78, 5) is 38.3. The van der Waals surface area contributed by atoms with Crippen molar-refractivity contribution < 1.29 is 63.2 Å². The highest BCUT2D eigenvalue weighted by atomic mass is 16.8. The van der Waals surface area contributed by atoms with Crippen molar-refractivity contribution in [1.29, 1.82) is 0 Å². The van der Waals surface area contributed by atoms with Gasteiger partial charge in [-0.3, -0.25) is 9.59 Å². The molecule has 0 aromatic carbocycles. The number of rotatable bonds is 6. The summed E-state index contributed by atoms with van der Waals surface area (Å²) in [6.07, 6.45) is -6.14. The Morgan fingerprint density at radius 3 is 2.52 bits per heavy atom. The number of carbonyl (C=O) groups is 3. The summed E-state index contributed by atoms with van der Waals surface area (Å²) < 4.78 is 33.4. The number of cyclic esters (lactones) is 1. The molecule has 0 radical (unpaired) electrons. The summed E-state index contributed by atoms with van der Waals surface area (Å²) in [6, 6.07) is 0. The molecule has 13 nitrogen and oxygen atoms in total. The van der Waals surface area contributed by atoms with Gasteiger partial charge in [-0.25, -0.2) is 4.79 Å². The van der Waals surface area contributed by atoms with E-state index in [-0.39, 0.29) is 48.2 Å². The van der Waals surface area contributed by atoms with E-state index < -0.39 is 79.4 Å². The average Bonchev–Trinajstić information content (AvgIpc) is 3.49. The molecule has 5 rings (SSSR count). The van der Waals surface area contributed by atoms with Crippen molar-refractivity contribution in [3.63, 3.8) is 0 Å². The molecule has 2 saturated carbocycles. The predicted octanol–water partition coefficient (Wildman–Crippen LogP) is -0.765. The first kappa shape index (κ1) is 29.2. The van der Waals surface area contributed by atoms with E-state index in [0.717, 1.165) is 12.8 Å². The molecule has 3 heterocycles. The zero-order chi connectivity index (χ0) is 28.9. The molecule has 2 saturated heterocycles. The van der Waals surface area contributed by atoms with Gasteiger partial charge < -0.3 is 48.8 Å². The molecule has 0 spiro atoms. The van der Waals surface area contributed by atoms with Crippen LogP contribution in [0.25, 0.3) is 0 Å². The minimum atomic E-state index is -1.65. The Kier molecular flexibility index (Phi) is 8.42. The number of esters is 3. The van der Waals surface area contributed by atoms with Gasteiger partial charge in [0.2, 0.25) is 6.29 Å². The molecule has 13 heteroatoms. The van der Waals surface area contributed by atoms with E-state index in [1.165, 1.54) is 13.4 Å². The molecule has 40 heavy (non-hydrogen) atoms. The van der Waals surface area contributed by atoms with Crippen LogP contribution in [-0.2, 0) is 42.8 Å². The molecular formula is C27H38O13. The van der Waals surface area contributed by atoms with Crippen molar-refractivity contribution in [1.82, 2.24) is 0 Å². The number of carbonyl (C=O) groups excluding carboxylic acids is 3. The number of aliphatic hydroxyl groups excluding tert-OH is 4. The van der Waals surface area contributed by atoms with Crippen LogP contribution in [0.2, 0.25) is 0 Å². The third kappa shape index (κ3) is 5.01. The molecule has 0 aromatic heterocycles. The fourth-order valence-electron chi connectivity index (χ4n) is 7.20. The Bertz CT molecular complexity index is 1010. The third-order valence-electron chi connectivity index (χ3n) is 9.52. The number of methoxy groups -OCH3 is 1. The Morgan fingerprint density at radius 1 is 1.07 bits per heavy atom. The summed E-state index contributed by atoms with van der Waals surface area (Å²) in [7, 11) is 1.24. The molecule has 5 aliphatic rings. The normalized spacial score (nSPS) is 46.4. The molecule has 4 N–H and O–H groups in total. The number of hydrogen-bond donors (Lipinski definition) is 4. The summed E-state index contributed by atoms with van der Waals surface area (Å²) in [5.41, 5.74) is 0.239. The molecule has 0 bridgehead atoms. The van der Waals surface area contributed by atoms with Gasteiger partial charge in [0, 0.05) is 17.8 Å². The zero-order valence-electron chi connectivity index (χ0n) is 22.7. The van der Waals surface area contributed by atoms with Gasteiger partial charge in [0.05, 0.1) is 37.4 Å². The summed E-state index contributed by atoms with van der Waals surface area (Å²) in [5, 5.41) is 40.2. The van der Waals surface area contributed by atoms with Crippen molar-refractivity contribution in [3.8, 4) is 0 Å². The van der Waals surface area contributed by atoms with Crippen LogP contribution < -0.4 is 0 Å². The molecule has 14 atom stereocenters. The zero-order valence-corrected chi connectivity index (χ0v) is 22.7. The molecule has 224 valence electrons. The van der Waals surface area contributed by atoms with Gasteiger partial charge in [0.25, 0.3) is 0 Å². The number of ether oxygens (including phenoxy) is 6. The lowest BCUT2D eigenvalue weighted by Gasteiger charge is -2.43. The van der Waals surface area contributed by atoms with Gasteiger partial charge in [-0.15, -0.1) is 0 Å². The van der Waals surface area contributed by atoms with Crippen LogP contribution in [0.15, 0.2) is 11.8 Å². The number of hydrogen-bond acceptors (Lipinski definition) is 13. The van der Waals surface area contributed by atoms with Crippen LogP contribution >= 0.6 is 0 Å². The monoisotopic (exact) mass is 570 g/mol. The second kappa shape index (κ2) is 11.5. The van der Waals surface area contributed by atoms with E-state index in [4.69, 9.17) is 28.4 Å². The lowest BCUT2D eigenvalue weighted by atomic mass is 9.80. The first-order chi connectivity index (χ1) is 19.1. The maximum Gasteiger partial charge on any atom is 0.337 e. The lowest BCUT2D eigenvalue weighted by Crippen LogP contribution is -2.60. The fraction of sp³-hybridized carbons (Fsp3) is 0.815. The van der Waals surface area contributed by atoms with Gasteiger partial charge in [-0.1, -0.05) is 13.8 Å². The van der Waals surface area contributed by atoms with E-state index >= 15 is 0 Å². The second-order valence-electron chi connectivity index (χ2n) is 11.6. The maximum absolute atomic E-state index is 13.4. The predicted molar refractivity (Wildman–Crippen MR) is 130 cm³/mol. The average molecular weight is 571 g/mol. The molecule has 4 fully saturated rings. The summed E-state index contributed by atoms with van der Waals surface area (Å²) >= 11 is 0. The van der Waals surface area contributed by atoms with Crippen molar-refractivity contribution in [3.05, 3.63) is 11.8 Å². The van der Waals surface area contributed by atoms with Gasteiger partial charge in [0.1, 0.15) is 37.1 Å². The summed E-state index contributed by atoms with van der Waals surface area (Å²) in [6.45, 7) is 3.16. The standard InChI is InChI=1S/C27H38O13/c1-10-4-5-12-14(8-36-25(34)18(10)12)24(33)38-16-6-13-15(23(32)35-3)9-37-26(19(13)11(16)2)40-27-22(31)21(30)20(29)17(7-28)39-27/h9-14,16-22,26-31H,4-8H2,1-3H3/t10-,11-,12-,13+,14-,16-,17+,18+,19-,20+,21-,22+,26-,27-/m0/s1. The van der Waals surface area contributed by atoms with Crippen molar-refractivity contribution >= 4 is 17.9 Å². The largest absolute Gasteiger partial charge is 0.472 e. The maximum atomic E-state index is 13.4. The Hall–Kier alpha value is -2.29. The van der Waals surface area contributed by atoms with E-state index in [9.17, 15) is 34.8 Å². The second-order valence-corrected chi connectivity index (χ2v) is 11.6. The minimum absolute atomic E-state index is 0.0290. The SMILES string of the molecule is COC(=O)C1=CO[C@@H](O[C@@H]2O[C@H](CO)[C@@H](O)[C@H](O)[C@H]2O)[C@H]2[C@@H](C)[C@@H](OC(=O)[C@H]3COC(=O)[C@H]4[C@H]3CC[C@@H]4C)C[C@H]12. The topological polar surface area (TPSA) is 188 Å². The minimum Gasteiger partial charge on any atom is -0.472 e. The van der Waals surface area contributed by atoms with Crippen LogP contribution in [-0.4, -0.2) is 102 Å². The van der Waals surface area contributed by atoms with Crippen molar-refractivity contribution in [2.24, 2.45) is 41.4 Å². The van der Waals surface area contributed by atoms with E-state index in [2.05, 4.69) is 0 Å². The first-order valence-electron chi connectivity index (χ1n) is 13.8. The van der Waals surface area contributed by atoms with Crippen molar-refractivity contribution in [2.45, 2.75) is 76.2 Å². The molecule has 0 unspecified atom stereocenters. The van der Waals surface area contributed by atoms with Crippen molar-refractivity contribution in [2.75, 3.05) is 20.3 Å². The highest BCUT2D eigenvalue weighted by Gasteiger charge is 2.56. The van der Waals surface area contributed by atoms with Crippen LogP contribution in [0.5, 0.6) is 0 Å². The Morgan fingerprint density at radius 2 is 1.82 bits per heavy atom. The molecule has 2 aliphatic carbocycles. The molecule has 3 aliphatic heterocycles. The quantitative estimate of drug-likeness (QED) is 0.231. The third-order valence-corrected chi connectivity index (χ3v) is 9.52. The molecule has 0 amide bonds. The van der Waals surface area contributed by atoms with E-state index in [1.54, 1.807) is 0 Å². The van der Waals surface area contributed by atoms with Gasteiger partial charge in [-0.2, -0.15) is 0 Å². The van der Waals surface area contributed by atoms with Gasteiger partial charge >= 0.3 is 17.9 Å². The Balaban J connectivity index is 1.33. The van der Waals surface area contributed by atoms with Gasteiger partial charge in [0.15, 0.2) is 6.29 Å². The fourth-order valence-corrected chi connectivity index (χ4v) is 7.20. The van der Waals surface area contributed by atoms with Crippen LogP contribution in [0, 0.1) is 41.4 Å². The van der Waals surface area contributed by atoms with E-state index in [1.807, 2.05) is 13.8 Å². The molecular weight excluding hydrogens is 532 g/mol. The van der Waals surface area contributed by atoms with Gasteiger partial charge in [-0.05, 0) is 31.1 Å². The van der Waals surface area contributed by atoms with Crippen LogP contribution in [0.1, 0.15) is 33.1 Å². The smallest absolute Gasteiger partial charge is 0.337 e. The number of aliphatic hydroxyl groups is 4. The highest BCUT2D eigenvalue weighted by Crippen LogP contribution is 2.50. The highest BCUT2D eigenvalue weighted by molar-refractivity contribution is 5.89. The Labute approximate surface area is 231 Å². The van der Waals surface area contributed by atoms with E-state index in [0.29, 0.717) is 0 Å². The summed E-state index contributed by atoms with van der Waals surface area (Å²) in [5.74, 6) is -3.67.